The molecule has 14 heavy (non-hydrogen) atoms. The maximum Gasteiger partial charge on any atom is 0.147 e. The van der Waals surface area contributed by atoms with E-state index >= 15 is 0 Å². The molecule has 0 aromatic carbocycles. The molecule has 2 heterocycles. The van der Waals surface area contributed by atoms with Gasteiger partial charge in [0.15, 0.2) is 0 Å². The Bertz CT molecular complexity index is 313. The first-order chi connectivity index (χ1) is 6.81. The Morgan fingerprint density at radius 1 is 1.57 bits per heavy atom. The average molecular weight is 192 g/mol. The average Bonchev–Trinajstić information content (AvgIpc) is 2.65. The second kappa shape index (κ2) is 3.92. The third-order valence-corrected chi connectivity index (χ3v) is 2.73. The first kappa shape index (κ1) is 9.40. The van der Waals surface area contributed by atoms with Gasteiger partial charge in [0.1, 0.15) is 5.82 Å². The number of hydrogen-bond donors (Lipinski definition) is 1. The Morgan fingerprint density at radius 3 is 3.07 bits per heavy atom. The fourth-order valence-corrected chi connectivity index (χ4v) is 1.91. The zero-order chi connectivity index (χ0) is 9.97. The van der Waals surface area contributed by atoms with Gasteiger partial charge >= 0.3 is 0 Å². The van der Waals surface area contributed by atoms with Crippen molar-refractivity contribution in [2.75, 3.05) is 11.4 Å². The number of rotatable bonds is 2. The van der Waals surface area contributed by atoms with Crippen LogP contribution in [0.5, 0.6) is 0 Å². The number of aromatic nitrogens is 2. The SMILES string of the molecule is CC1CCCN1c1cncc(CN)n1. The molecule has 2 N–H and O–H groups in total. The van der Waals surface area contributed by atoms with Crippen molar-refractivity contribution in [1.29, 1.82) is 0 Å². The second-order valence-electron chi connectivity index (χ2n) is 3.76. The van der Waals surface area contributed by atoms with E-state index in [9.17, 15) is 0 Å². The Kier molecular flexibility index (Phi) is 2.63. The van der Waals surface area contributed by atoms with E-state index in [-0.39, 0.29) is 0 Å². The zero-order valence-corrected chi connectivity index (χ0v) is 8.48. The van der Waals surface area contributed by atoms with Gasteiger partial charge in [0.25, 0.3) is 0 Å². The summed E-state index contributed by atoms with van der Waals surface area (Å²) in [5, 5.41) is 0. The van der Waals surface area contributed by atoms with Gasteiger partial charge in [0.2, 0.25) is 0 Å². The van der Waals surface area contributed by atoms with Crippen LogP contribution >= 0.6 is 0 Å². The van der Waals surface area contributed by atoms with Crippen molar-refractivity contribution in [3.8, 4) is 0 Å². The van der Waals surface area contributed by atoms with Gasteiger partial charge in [-0.1, -0.05) is 0 Å². The molecule has 0 radical (unpaired) electrons. The number of anilines is 1. The fraction of sp³-hybridized carbons (Fsp3) is 0.600. The second-order valence-corrected chi connectivity index (χ2v) is 3.76. The molecular weight excluding hydrogens is 176 g/mol. The summed E-state index contributed by atoms with van der Waals surface area (Å²) in [6.07, 6.45) is 6.04. The molecule has 1 fully saturated rings. The highest BCUT2D eigenvalue weighted by Gasteiger charge is 2.21. The van der Waals surface area contributed by atoms with Gasteiger partial charge < -0.3 is 10.6 Å². The molecule has 1 atom stereocenters. The van der Waals surface area contributed by atoms with Crippen molar-refractivity contribution in [1.82, 2.24) is 9.97 Å². The molecule has 1 saturated heterocycles. The summed E-state index contributed by atoms with van der Waals surface area (Å²) >= 11 is 0. The van der Waals surface area contributed by atoms with E-state index in [2.05, 4.69) is 21.8 Å². The summed E-state index contributed by atoms with van der Waals surface area (Å²) in [5.74, 6) is 0.970. The van der Waals surface area contributed by atoms with Gasteiger partial charge in [0, 0.05) is 25.3 Å². The summed E-state index contributed by atoms with van der Waals surface area (Å²) in [5.41, 5.74) is 6.39. The highest BCUT2D eigenvalue weighted by molar-refractivity contribution is 5.38. The summed E-state index contributed by atoms with van der Waals surface area (Å²) in [7, 11) is 0. The van der Waals surface area contributed by atoms with Crippen LogP contribution in [0.1, 0.15) is 25.5 Å². The minimum absolute atomic E-state index is 0.461. The summed E-state index contributed by atoms with van der Waals surface area (Å²) < 4.78 is 0. The highest BCUT2D eigenvalue weighted by Crippen LogP contribution is 2.22. The summed E-state index contributed by atoms with van der Waals surface area (Å²) in [6, 6.07) is 0.581. The quantitative estimate of drug-likeness (QED) is 0.757. The van der Waals surface area contributed by atoms with E-state index < -0.39 is 0 Å². The standard InChI is InChI=1S/C10H16N4/c1-8-3-2-4-14(8)10-7-12-6-9(5-11)13-10/h6-8H,2-5,11H2,1H3. The molecule has 76 valence electrons. The van der Waals surface area contributed by atoms with Crippen molar-refractivity contribution >= 4 is 5.82 Å². The molecule has 1 aromatic heterocycles. The molecule has 1 aromatic rings. The predicted octanol–water partition coefficient (Wildman–Crippen LogP) is 0.924. The minimum atomic E-state index is 0.461. The molecule has 0 aliphatic carbocycles. The van der Waals surface area contributed by atoms with Gasteiger partial charge in [-0.25, -0.2) is 4.98 Å². The van der Waals surface area contributed by atoms with E-state index in [4.69, 9.17) is 5.73 Å². The molecule has 4 nitrogen and oxygen atoms in total. The van der Waals surface area contributed by atoms with E-state index in [1.165, 1.54) is 12.8 Å². The van der Waals surface area contributed by atoms with E-state index in [0.717, 1.165) is 18.1 Å². The van der Waals surface area contributed by atoms with Crippen LogP contribution in [0.25, 0.3) is 0 Å². The minimum Gasteiger partial charge on any atom is -0.353 e. The molecule has 1 aliphatic heterocycles. The molecule has 4 heteroatoms. The van der Waals surface area contributed by atoms with Crippen molar-refractivity contribution in [2.45, 2.75) is 32.4 Å². The lowest BCUT2D eigenvalue weighted by molar-refractivity contribution is 0.722. The molecule has 2 rings (SSSR count). The van der Waals surface area contributed by atoms with Crippen LogP contribution in [0.2, 0.25) is 0 Å². The third kappa shape index (κ3) is 1.70. The Balaban J connectivity index is 2.22. The van der Waals surface area contributed by atoms with Gasteiger partial charge in [0.05, 0.1) is 11.9 Å². The molecule has 0 spiro atoms. The summed E-state index contributed by atoms with van der Waals surface area (Å²) in [4.78, 5) is 10.9. The molecule has 0 bridgehead atoms. The van der Waals surface area contributed by atoms with Crippen molar-refractivity contribution in [3.05, 3.63) is 18.1 Å². The van der Waals surface area contributed by atoms with E-state index in [0.29, 0.717) is 12.6 Å². The Hall–Kier alpha value is -1.16. The normalized spacial score (nSPS) is 21.6. The summed E-state index contributed by atoms with van der Waals surface area (Å²) in [6.45, 7) is 3.77. The van der Waals surface area contributed by atoms with E-state index in [1.54, 1.807) is 6.20 Å². The van der Waals surface area contributed by atoms with Gasteiger partial charge in [-0.05, 0) is 19.8 Å². The van der Waals surface area contributed by atoms with Crippen LogP contribution in [0.4, 0.5) is 5.82 Å². The van der Waals surface area contributed by atoms with Crippen LogP contribution < -0.4 is 10.6 Å². The lowest BCUT2D eigenvalue weighted by Gasteiger charge is -2.22. The van der Waals surface area contributed by atoms with E-state index in [1.807, 2.05) is 6.20 Å². The molecule has 1 unspecified atom stereocenters. The largest absolute Gasteiger partial charge is 0.353 e. The van der Waals surface area contributed by atoms with Crippen LogP contribution in [-0.2, 0) is 6.54 Å². The van der Waals surface area contributed by atoms with Crippen LogP contribution in [-0.4, -0.2) is 22.6 Å². The Labute approximate surface area is 84.2 Å². The van der Waals surface area contributed by atoms with Crippen LogP contribution in [0.3, 0.4) is 0 Å². The zero-order valence-electron chi connectivity index (χ0n) is 8.48. The maximum atomic E-state index is 5.53. The number of nitrogens with zero attached hydrogens (tertiary/aromatic N) is 3. The molecule has 1 aliphatic rings. The molecule has 0 saturated carbocycles. The predicted molar refractivity (Wildman–Crippen MR) is 56.0 cm³/mol. The van der Waals surface area contributed by atoms with Crippen molar-refractivity contribution in [2.24, 2.45) is 5.73 Å². The third-order valence-electron chi connectivity index (χ3n) is 2.73. The Morgan fingerprint density at radius 2 is 2.43 bits per heavy atom. The smallest absolute Gasteiger partial charge is 0.147 e. The van der Waals surface area contributed by atoms with Gasteiger partial charge in [-0.15, -0.1) is 0 Å². The van der Waals surface area contributed by atoms with Gasteiger partial charge in [-0.2, -0.15) is 0 Å². The van der Waals surface area contributed by atoms with Gasteiger partial charge in [-0.3, -0.25) is 4.98 Å². The van der Waals surface area contributed by atoms with Crippen molar-refractivity contribution in [3.63, 3.8) is 0 Å². The van der Waals surface area contributed by atoms with Crippen LogP contribution in [0, 0.1) is 0 Å². The lowest BCUT2D eigenvalue weighted by Crippen LogP contribution is -2.27. The highest BCUT2D eigenvalue weighted by atomic mass is 15.2. The van der Waals surface area contributed by atoms with Crippen LogP contribution in [0.15, 0.2) is 12.4 Å². The lowest BCUT2D eigenvalue weighted by atomic mass is 10.2. The topological polar surface area (TPSA) is 55.0 Å². The molecule has 0 amide bonds. The maximum absolute atomic E-state index is 5.53. The number of nitrogens with two attached hydrogens (primary N) is 1. The van der Waals surface area contributed by atoms with Crippen molar-refractivity contribution < 1.29 is 0 Å². The molecular formula is C10H16N4. The first-order valence-electron chi connectivity index (χ1n) is 5.09. The first-order valence-corrected chi connectivity index (χ1v) is 5.09. The fourth-order valence-electron chi connectivity index (χ4n) is 1.91. The number of hydrogen-bond acceptors (Lipinski definition) is 4. The monoisotopic (exact) mass is 192 g/mol.